The molecule has 2 rings (SSSR count). The van der Waals surface area contributed by atoms with Crippen LogP contribution in [0.1, 0.15) is 16.7 Å². The van der Waals surface area contributed by atoms with Gasteiger partial charge >= 0.3 is 0 Å². The number of carbonyl (C=O) groups excluding carboxylic acids is 1. The van der Waals surface area contributed by atoms with Crippen molar-refractivity contribution in [2.45, 2.75) is 20.5 Å². The SMILES string of the molecule is Cc1cc(N=C=O)c(OCc2ccccc2)c(C)c1O. The Morgan fingerprint density at radius 3 is 2.60 bits per heavy atom. The summed E-state index contributed by atoms with van der Waals surface area (Å²) in [6, 6.07) is 11.2. The first-order valence-electron chi connectivity index (χ1n) is 6.21. The van der Waals surface area contributed by atoms with Gasteiger partial charge in [-0.1, -0.05) is 30.3 Å². The third-order valence-electron chi connectivity index (χ3n) is 3.05. The lowest BCUT2D eigenvalue weighted by atomic mass is 10.1. The number of isocyanates is 1. The van der Waals surface area contributed by atoms with Crippen LogP contribution in [0.5, 0.6) is 11.5 Å². The van der Waals surface area contributed by atoms with E-state index in [1.165, 1.54) is 6.08 Å². The van der Waals surface area contributed by atoms with E-state index in [2.05, 4.69) is 4.99 Å². The van der Waals surface area contributed by atoms with Gasteiger partial charge in [-0.25, -0.2) is 4.79 Å². The molecule has 2 aromatic carbocycles. The molecule has 0 fully saturated rings. The Bertz CT molecular complexity index is 659. The highest BCUT2D eigenvalue weighted by atomic mass is 16.5. The van der Waals surface area contributed by atoms with Crippen molar-refractivity contribution >= 4 is 11.8 Å². The summed E-state index contributed by atoms with van der Waals surface area (Å²) in [5, 5.41) is 9.96. The molecule has 2 aromatic rings. The number of hydrogen-bond acceptors (Lipinski definition) is 4. The van der Waals surface area contributed by atoms with Crippen LogP contribution >= 0.6 is 0 Å². The summed E-state index contributed by atoms with van der Waals surface area (Å²) in [6.45, 7) is 3.81. The number of phenols is 1. The number of aliphatic imine (C=N–C) groups is 1. The van der Waals surface area contributed by atoms with E-state index in [0.29, 0.717) is 29.2 Å². The third-order valence-corrected chi connectivity index (χ3v) is 3.05. The Labute approximate surface area is 117 Å². The molecule has 102 valence electrons. The molecule has 0 aliphatic carbocycles. The van der Waals surface area contributed by atoms with Gasteiger partial charge in [0.05, 0.1) is 0 Å². The minimum absolute atomic E-state index is 0.151. The number of aryl methyl sites for hydroxylation is 1. The molecular weight excluding hydrogens is 254 g/mol. The van der Waals surface area contributed by atoms with E-state index in [9.17, 15) is 9.90 Å². The van der Waals surface area contributed by atoms with E-state index >= 15 is 0 Å². The molecule has 0 unspecified atom stereocenters. The molecule has 20 heavy (non-hydrogen) atoms. The predicted molar refractivity (Wildman–Crippen MR) is 76.1 cm³/mol. The summed E-state index contributed by atoms with van der Waals surface area (Å²) in [4.78, 5) is 14.1. The second-order valence-electron chi connectivity index (χ2n) is 4.49. The van der Waals surface area contributed by atoms with Crippen LogP contribution in [0.3, 0.4) is 0 Å². The standard InChI is InChI=1S/C16H15NO3/c1-11-8-14(17-10-18)16(12(2)15(11)19)20-9-13-6-4-3-5-7-13/h3-8,19H,9H2,1-2H3. The van der Waals surface area contributed by atoms with Crippen LogP contribution in [-0.2, 0) is 11.4 Å². The molecule has 0 aliphatic rings. The molecule has 0 atom stereocenters. The largest absolute Gasteiger partial charge is 0.507 e. The Morgan fingerprint density at radius 2 is 1.95 bits per heavy atom. The van der Waals surface area contributed by atoms with Gasteiger partial charge in [-0.2, -0.15) is 4.99 Å². The maximum atomic E-state index is 10.5. The number of ether oxygens (including phenoxy) is 1. The molecule has 0 saturated carbocycles. The fraction of sp³-hybridized carbons (Fsp3) is 0.188. The number of rotatable bonds is 4. The highest BCUT2D eigenvalue weighted by Gasteiger charge is 2.14. The lowest BCUT2D eigenvalue weighted by Gasteiger charge is -2.14. The van der Waals surface area contributed by atoms with Crippen molar-refractivity contribution in [1.29, 1.82) is 0 Å². The zero-order valence-corrected chi connectivity index (χ0v) is 11.4. The van der Waals surface area contributed by atoms with E-state index in [4.69, 9.17) is 4.74 Å². The molecule has 0 aromatic heterocycles. The smallest absolute Gasteiger partial charge is 0.240 e. The third kappa shape index (κ3) is 2.87. The molecule has 4 nitrogen and oxygen atoms in total. The number of aromatic hydroxyl groups is 1. The Morgan fingerprint density at radius 1 is 1.25 bits per heavy atom. The highest BCUT2D eigenvalue weighted by Crippen LogP contribution is 2.39. The molecule has 0 saturated heterocycles. The number of nitrogens with zero attached hydrogens (tertiary/aromatic N) is 1. The van der Waals surface area contributed by atoms with Crippen molar-refractivity contribution in [3.8, 4) is 11.5 Å². The highest BCUT2D eigenvalue weighted by molar-refractivity contribution is 5.66. The summed E-state index contributed by atoms with van der Waals surface area (Å²) >= 11 is 0. The maximum absolute atomic E-state index is 10.5. The zero-order chi connectivity index (χ0) is 14.5. The Balaban J connectivity index is 2.35. The van der Waals surface area contributed by atoms with Gasteiger partial charge in [-0.15, -0.1) is 0 Å². The van der Waals surface area contributed by atoms with Crippen LogP contribution in [-0.4, -0.2) is 11.2 Å². The van der Waals surface area contributed by atoms with Crippen molar-refractivity contribution in [3.63, 3.8) is 0 Å². The first-order valence-corrected chi connectivity index (χ1v) is 6.21. The monoisotopic (exact) mass is 269 g/mol. The van der Waals surface area contributed by atoms with Gasteiger partial charge in [0.1, 0.15) is 18.0 Å². The lowest BCUT2D eigenvalue weighted by Crippen LogP contribution is -1.98. The second-order valence-corrected chi connectivity index (χ2v) is 4.49. The molecule has 0 aliphatic heterocycles. The van der Waals surface area contributed by atoms with Gasteiger partial charge in [0.25, 0.3) is 0 Å². The molecular formula is C16H15NO3. The van der Waals surface area contributed by atoms with Crippen LogP contribution in [0.2, 0.25) is 0 Å². The number of benzene rings is 2. The van der Waals surface area contributed by atoms with E-state index in [-0.39, 0.29) is 5.75 Å². The lowest BCUT2D eigenvalue weighted by molar-refractivity contribution is 0.303. The summed E-state index contributed by atoms with van der Waals surface area (Å²) in [6.07, 6.45) is 1.51. The molecule has 0 spiro atoms. The minimum Gasteiger partial charge on any atom is -0.507 e. The molecule has 0 radical (unpaired) electrons. The van der Waals surface area contributed by atoms with E-state index in [0.717, 1.165) is 5.56 Å². The Kier molecular flexibility index (Phi) is 4.18. The predicted octanol–water partition coefficient (Wildman–Crippen LogP) is 3.56. The van der Waals surface area contributed by atoms with Gasteiger partial charge in [0.2, 0.25) is 6.08 Å². The maximum Gasteiger partial charge on any atom is 0.240 e. The van der Waals surface area contributed by atoms with E-state index in [1.807, 2.05) is 30.3 Å². The molecule has 1 N–H and O–H groups in total. The van der Waals surface area contributed by atoms with Crippen molar-refractivity contribution in [1.82, 2.24) is 0 Å². The molecule has 4 heteroatoms. The van der Waals surface area contributed by atoms with Gasteiger partial charge in [-0.3, -0.25) is 0 Å². The fourth-order valence-electron chi connectivity index (χ4n) is 1.98. The van der Waals surface area contributed by atoms with Gasteiger partial charge in [0.15, 0.2) is 5.75 Å². The van der Waals surface area contributed by atoms with Crippen LogP contribution in [0, 0.1) is 13.8 Å². The van der Waals surface area contributed by atoms with Crippen molar-refractivity contribution in [2.24, 2.45) is 4.99 Å². The van der Waals surface area contributed by atoms with Crippen LogP contribution < -0.4 is 4.74 Å². The van der Waals surface area contributed by atoms with Crippen LogP contribution in [0.25, 0.3) is 0 Å². The van der Waals surface area contributed by atoms with Crippen molar-refractivity contribution in [2.75, 3.05) is 0 Å². The minimum atomic E-state index is 0.151. The van der Waals surface area contributed by atoms with Gasteiger partial charge < -0.3 is 9.84 Å². The normalized spacial score (nSPS) is 9.90. The summed E-state index contributed by atoms with van der Waals surface area (Å²) < 4.78 is 5.71. The first kappa shape index (κ1) is 13.8. The average Bonchev–Trinajstić information content (AvgIpc) is 2.46. The summed E-state index contributed by atoms with van der Waals surface area (Å²) in [7, 11) is 0. The van der Waals surface area contributed by atoms with Gasteiger partial charge in [-0.05, 0) is 31.0 Å². The fourth-order valence-corrected chi connectivity index (χ4v) is 1.98. The van der Waals surface area contributed by atoms with Crippen molar-refractivity contribution in [3.05, 3.63) is 53.1 Å². The summed E-state index contributed by atoms with van der Waals surface area (Å²) in [5.41, 5.74) is 2.58. The molecule has 0 bridgehead atoms. The van der Waals surface area contributed by atoms with E-state index < -0.39 is 0 Å². The van der Waals surface area contributed by atoms with Crippen molar-refractivity contribution < 1.29 is 14.6 Å². The molecule has 0 amide bonds. The number of phenolic OH excluding ortho intramolecular Hbond substituents is 1. The Hall–Kier alpha value is -2.58. The van der Waals surface area contributed by atoms with Crippen LogP contribution in [0.15, 0.2) is 41.4 Å². The average molecular weight is 269 g/mol. The quantitative estimate of drug-likeness (QED) is 0.682. The van der Waals surface area contributed by atoms with Gasteiger partial charge in [0, 0.05) is 5.56 Å². The van der Waals surface area contributed by atoms with E-state index in [1.54, 1.807) is 19.9 Å². The second kappa shape index (κ2) is 6.04. The topological polar surface area (TPSA) is 58.9 Å². The summed E-state index contributed by atoms with van der Waals surface area (Å²) in [5.74, 6) is 0.554. The zero-order valence-electron chi connectivity index (χ0n) is 11.4. The number of hydrogen-bond donors (Lipinski definition) is 1. The van der Waals surface area contributed by atoms with Crippen LogP contribution in [0.4, 0.5) is 5.69 Å². The molecule has 0 heterocycles. The first-order chi connectivity index (χ1) is 9.63.